The molecule has 1 fully saturated rings. The molecular weight excluding hydrogens is 262 g/mol. The fourth-order valence-corrected chi connectivity index (χ4v) is 3.23. The number of hydrogen-bond acceptors (Lipinski definition) is 2. The van der Waals surface area contributed by atoms with Crippen LogP contribution in [-0.2, 0) is 11.2 Å². The van der Waals surface area contributed by atoms with Gasteiger partial charge in [-0.1, -0.05) is 29.8 Å². The molecule has 0 aliphatic carbocycles. The van der Waals surface area contributed by atoms with Crippen LogP contribution in [0.15, 0.2) is 24.3 Å². The predicted molar refractivity (Wildman–Crippen MR) is 85.1 cm³/mol. The number of rotatable bonds is 5. The molecule has 2 unspecified atom stereocenters. The predicted octanol–water partition coefficient (Wildman–Crippen LogP) is 3.08. The minimum atomic E-state index is -0.333. The van der Waals surface area contributed by atoms with E-state index in [9.17, 15) is 9.90 Å². The molecule has 1 heterocycles. The number of likely N-dealkylation sites (tertiary alicyclic amines) is 1. The molecule has 0 spiro atoms. The van der Waals surface area contributed by atoms with Crippen LogP contribution >= 0.6 is 0 Å². The Kier molecular flexibility index (Phi) is 5.80. The van der Waals surface area contributed by atoms with Gasteiger partial charge in [-0.05, 0) is 51.5 Å². The van der Waals surface area contributed by atoms with Crippen molar-refractivity contribution in [2.24, 2.45) is 0 Å². The third-order valence-corrected chi connectivity index (χ3v) is 4.27. The van der Waals surface area contributed by atoms with E-state index in [0.29, 0.717) is 12.8 Å². The highest BCUT2D eigenvalue weighted by atomic mass is 16.3. The highest BCUT2D eigenvalue weighted by Crippen LogP contribution is 2.22. The van der Waals surface area contributed by atoms with Gasteiger partial charge in [0.1, 0.15) is 0 Å². The second-order valence-corrected chi connectivity index (χ2v) is 6.31. The highest BCUT2D eigenvalue weighted by molar-refractivity contribution is 5.77. The molecule has 3 heteroatoms. The Labute approximate surface area is 128 Å². The van der Waals surface area contributed by atoms with Crippen molar-refractivity contribution in [3.8, 4) is 0 Å². The number of piperidine rings is 1. The summed E-state index contributed by atoms with van der Waals surface area (Å²) in [6.07, 6.45) is 5.03. The first-order chi connectivity index (χ1) is 10.1. The van der Waals surface area contributed by atoms with Crippen molar-refractivity contribution in [1.29, 1.82) is 0 Å². The molecule has 2 rings (SSSR count). The van der Waals surface area contributed by atoms with E-state index in [1.54, 1.807) is 0 Å². The number of carbonyl (C=O) groups excluding carboxylic acids is 1. The number of nitrogens with zero attached hydrogens (tertiary/aromatic N) is 1. The van der Waals surface area contributed by atoms with Crippen LogP contribution in [0.2, 0.25) is 0 Å². The molecule has 21 heavy (non-hydrogen) atoms. The van der Waals surface area contributed by atoms with Gasteiger partial charge in [0, 0.05) is 19.0 Å². The molecule has 1 aliphatic heterocycles. The van der Waals surface area contributed by atoms with Gasteiger partial charge in [-0.3, -0.25) is 4.79 Å². The highest BCUT2D eigenvalue weighted by Gasteiger charge is 2.27. The van der Waals surface area contributed by atoms with E-state index in [1.807, 2.05) is 17.9 Å². The lowest BCUT2D eigenvalue weighted by atomic mass is 9.96. The maximum absolute atomic E-state index is 12.5. The van der Waals surface area contributed by atoms with Gasteiger partial charge in [0.2, 0.25) is 5.91 Å². The second kappa shape index (κ2) is 7.60. The van der Waals surface area contributed by atoms with Crippen LogP contribution < -0.4 is 0 Å². The van der Waals surface area contributed by atoms with Crippen molar-refractivity contribution in [2.75, 3.05) is 6.54 Å². The van der Waals surface area contributed by atoms with E-state index in [2.05, 4.69) is 25.1 Å². The summed E-state index contributed by atoms with van der Waals surface area (Å²) in [5.74, 6) is 0.238. The Hall–Kier alpha value is -1.35. The smallest absolute Gasteiger partial charge is 0.223 e. The Morgan fingerprint density at radius 3 is 2.95 bits per heavy atom. The molecule has 3 nitrogen and oxygen atoms in total. The normalized spacial score (nSPS) is 20.3. The molecule has 1 aliphatic rings. The molecule has 1 aromatic rings. The van der Waals surface area contributed by atoms with Gasteiger partial charge < -0.3 is 10.0 Å². The molecule has 2 atom stereocenters. The Morgan fingerprint density at radius 2 is 2.24 bits per heavy atom. The van der Waals surface area contributed by atoms with Crippen LogP contribution in [0.5, 0.6) is 0 Å². The van der Waals surface area contributed by atoms with Crippen molar-refractivity contribution in [3.63, 3.8) is 0 Å². The van der Waals surface area contributed by atoms with Gasteiger partial charge in [0.15, 0.2) is 0 Å². The summed E-state index contributed by atoms with van der Waals surface area (Å²) < 4.78 is 0. The van der Waals surface area contributed by atoms with Crippen molar-refractivity contribution in [1.82, 2.24) is 4.90 Å². The van der Waals surface area contributed by atoms with Crippen molar-refractivity contribution >= 4 is 5.91 Å². The topological polar surface area (TPSA) is 40.5 Å². The average molecular weight is 289 g/mol. The number of aliphatic hydroxyl groups excluding tert-OH is 1. The molecule has 0 bridgehead atoms. The third kappa shape index (κ3) is 4.85. The number of aryl methyl sites for hydroxylation is 2. The summed E-state index contributed by atoms with van der Waals surface area (Å²) in [4.78, 5) is 14.5. The quantitative estimate of drug-likeness (QED) is 0.905. The van der Waals surface area contributed by atoms with Crippen LogP contribution in [0.3, 0.4) is 0 Å². The summed E-state index contributed by atoms with van der Waals surface area (Å²) in [6, 6.07) is 8.59. The maximum Gasteiger partial charge on any atom is 0.223 e. The Morgan fingerprint density at radius 1 is 1.43 bits per heavy atom. The van der Waals surface area contributed by atoms with E-state index in [4.69, 9.17) is 0 Å². The fourth-order valence-electron chi connectivity index (χ4n) is 3.23. The minimum absolute atomic E-state index is 0.226. The van der Waals surface area contributed by atoms with Crippen LogP contribution in [0, 0.1) is 6.92 Å². The van der Waals surface area contributed by atoms with Gasteiger partial charge in [0.25, 0.3) is 0 Å². The van der Waals surface area contributed by atoms with E-state index in [0.717, 1.165) is 25.8 Å². The lowest BCUT2D eigenvalue weighted by Gasteiger charge is -2.36. The zero-order valence-electron chi connectivity index (χ0n) is 13.2. The van der Waals surface area contributed by atoms with Gasteiger partial charge in [-0.15, -0.1) is 0 Å². The van der Waals surface area contributed by atoms with Crippen LogP contribution in [0.1, 0.15) is 50.2 Å². The monoisotopic (exact) mass is 289 g/mol. The Bertz CT molecular complexity index is 470. The molecule has 1 amide bonds. The van der Waals surface area contributed by atoms with E-state index in [-0.39, 0.29) is 18.1 Å². The number of hydrogen-bond donors (Lipinski definition) is 1. The number of amides is 1. The first-order valence-electron chi connectivity index (χ1n) is 8.09. The van der Waals surface area contributed by atoms with Gasteiger partial charge in [0.05, 0.1) is 6.10 Å². The average Bonchev–Trinajstić information content (AvgIpc) is 2.45. The SMILES string of the molecule is Cc1cccc(CCC(=O)N2CCCCC2CC(C)O)c1. The van der Waals surface area contributed by atoms with Crippen LogP contribution in [0.4, 0.5) is 0 Å². The molecule has 0 aromatic heterocycles. The lowest BCUT2D eigenvalue weighted by molar-refractivity contribution is -0.135. The van der Waals surface area contributed by atoms with Crippen molar-refractivity contribution in [2.45, 2.75) is 64.5 Å². The zero-order chi connectivity index (χ0) is 15.2. The lowest BCUT2D eigenvalue weighted by Crippen LogP contribution is -2.45. The zero-order valence-corrected chi connectivity index (χ0v) is 13.2. The summed E-state index contributed by atoms with van der Waals surface area (Å²) in [5, 5.41) is 9.60. The van der Waals surface area contributed by atoms with Crippen molar-refractivity contribution in [3.05, 3.63) is 35.4 Å². The second-order valence-electron chi connectivity index (χ2n) is 6.31. The molecule has 1 saturated heterocycles. The molecule has 1 N–H and O–H groups in total. The first-order valence-corrected chi connectivity index (χ1v) is 8.09. The minimum Gasteiger partial charge on any atom is -0.393 e. The van der Waals surface area contributed by atoms with Gasteiger partial charge >= 0.3 is 0 Å². The third-order valence-electron chi connectivity index (χ3n) is 4.27. The van der Waals surface area contributed by atoms with E-state index in [1.165, 1.54) is 17.5 Å². The summed E-state index contributed by atoms with van der Waals surface area (Å²) in [6.45, 7) is 4.74. The van der Waals surface area contributed by atoms with Crippen LogP contribution in [0.25, 0.3) is 0 Å². The molecule has 0 saturated carbocycles. The van der Waals surface area contributed by atoms with Gasteiger partial charge in [-0.2, -0.15) is 0 Å². The molecule has 116 valence electrons. The Balaban J connectivity index is 1.91. The van der Waals surface area contributed by atoms with Crippen LogP contribution in [-0.4, -0.2) is 34.6 Å². The largest absolute Gasteiger partial charge is 0.393 e. The molecule has 0 radical (unpaired) electrons. The summed E-state index contributed by atoms with van der Waals surface area (Å²) in [7, 11) is 0. The van der Waals surface area contributed by atoms with E-state index >= 15 is 0 Å². The summed E-state index contributed by atoms with van der Waals surface area (Å²) in [5.41, 5.74) is 2.47. The molecular formula is C18H27NO2. The maximum atomic E-state index is 12.5. The summed E-state index contributed by atoms with van der Waals surface area (Å²) >= 11 is 0. The number of aliphatic hydroxyl groups is 1. The van der Waals surface area contributed by atoms with Crippen molar-refractivity contribution < 1.29 is 9.90 Å². The first kappa shape index (κ1) is 16.0. The fraction of sp³-hybridized carbons (Fsp3) is 0.611. The van der Waals surface area contributed by atoms with Gasteiger partial charge in [-0.25, -0.2) is 0 Å². The standard InChI is InChI=1S/C18H27NO2/c1-14-6-5-7-16(12-14)9-10-18(21)19-11-4-3-8-17(19)13-15(2)20/h5-7,12,15,17,20H,3-4,8-11,13H2,1-2H3. The number of benzene rings is 1. The van der Waals surface area contributed by atoms with E-state index < -0.39 is 0 Å². The number of carbonyl (C=O) groups is 1. The molecule has 1 aromatic carbocycles.